The minimum Gasteiger partial charge on any atom is -0.480 e. The lowest BCUT2D eigenvalue weighted by molar-refractivity contribution is -0.405. The van der Waals surface area contributed by atoms with E-state index in [1.165, 1.54) is 0 Å². The Morgan fingerprint density at radius 2 is 1.05 bits per heavy atom. The molecule has 0 spiro atoms. The molecule has 0 radical (unpaired) electrons. The number of alkyl halides is 5. The highest BCUT2D eigenvalue weighted by Gasteiger charge is 2.68. The zero-order chi connectivity index (χ0) is 29.0. The highest BCUT2D eigenvalue weighted by atomic mass is 19.4. The predicted octanol–water partition coefficient (Wildman–Crippen LogP) is 2.74. The van der Waals surface area contributed by atoms with Crippen LogP contribution in [0.5, 0.6) is 0 Å². The molecule has 1 aliphatic carbocycles. The average molecular weight is 556 g/mol. The Labute approximate surface area is 194 Å². The number of benzene rings is 1. The fraction of sp³-hybridized carbons (Fsp3) is 0.222. The molecule has 0 amide bonds. The first-order valence-electron chi connectivity index (χ1n) is 8.66. The SMILES string of the molecule is O=C(O)C1=CC(C(=O)O)(c2c(F)c(F)c(F)c(F)c2F)C(C(=O)O)=CC1(OC(F)(F)C(F)(F)F)C(=O)O. The minimum absolute atomic E-state index is 0.903. The first kappa shape index (κ1) is 29.1. The van der Waals surface area contributed by atoms with Gasteiger partial charge in [-0.05, 0) is 12.2 Å². The van der Waals surface area contributed by atoms with Crippen molar-refractivity contribution in [1.29, 1.82) is 0 Å². The van der Waals surface area contributed by atoms with Crippen LogP contribution >= 0.6 is 0 Å². The molecule has 0 saturated carbocycles. The fourth-order valence-corrected chi connectivity index (χ4v) is 3.25. The normalized spacial score (nSPS) is 22.2. The van der Waals surface area contributed by atoms with Crippen molar-refractivity contribution in [1.82, 2.24) is 0 Å². The summed E-state index contributed by atoms with van der Waals surface area (Å²) in [5.74, 6) is -27.0. The minimum atomic E-state index is -6.81. The van der Waals surface area contributed by atoms with E-state index in [9.17, 15) is 83.5 Å². The Morgan fingerprint density at radius 3 is 1.38 bits per heavy atom. The first-order chi connectivity index (χ1) is 16.6. The molecule has 1 aromatic carbocycles. The van der Waals surface area contributed by atoms with E-state index in [-0.39, 0.29) is 0 Å². The molecule has 1 aromatic rings. The third-order valence-corrected chi connectivity index (χ3v) is 4.87. The average Bonchev–Trinajstić information content (AvgIpc) is 2.75. The maximum atomic E-state index is 14.5. The van der Waals surface area contributed by atoms with Gasteiger partial charge in [0, 0.05) is 0 Å². The molecule has 0 saturated heterocycles. The van der Waals surface area contributed by atoms with Crippen LogP contribution in [-0.2, 0) is 29.3 Å². The second-order valence-electron chi connectivity index (χ2n) is 6.94. The Hall–Kier alpha value is -4.16. The molecule has 2 unspecified atom stereocenters. The Morgan fingerprint density at radius 1 is 0.649 bits per heavy atom. The number of hydrogen-bond donors (Lipinski definition) is 4. The molecule has 0 fully saturated rings. The second-order valence-corrected chi connectivity index (χ2v) is 6.94. The Bertz CT molecular complexity index is 1270. The van der Waals surface area contributed by atoms with Gasteiger partial charge in [-0.25, -0.2) is 36.3 Å². The monoisotopic (exact) mass is 556 g/mol. The van der Waals surface area contributed by atoms with Gasteiger partial charge in [0.15, 0.2) is 23.3 Å². The van der Waals surface area contributed by atoms with Gasteiger partial charge in [0.25, 0.3) is 0 Å². The van der Waals surface area contributed by atoms with E-state index in [1.54, 1.807) is 0 Å². The number of aliphatic carboxylic acids is 4. The fourth-order valence-electron chi connectivity index (χ4n) is 3.25. The van der Waals surface area contributed by atoms with Crippen LogP contribution in [0.4, 0.5) is 43.9 Å². The second kappa shape index (κ2) is 8.75. The van der Waals surface area contributed by atoms with Gasteiger partial charge in [-0.2, -0.15) is 22.0 Å². The third-order valence-electron chi connectivity index (χ3n) is 4.87. The number of ether oxygens (including phenoxy) is 1. The summed E-state index contributed by atoms with van der Waals surface area (Å²) in [7, 11) is 0. The first-order valence-corrected chi connectivity index (χ1v) is 8.66. The molecule has 37 heavy (non-hydrogen) atoms. The largest absolute Gasteiger partial charge is 0.483 e. The summed E-state index contributed by atoms with van der Waals surface area (Å²) >= 11 is 0. The maximum absolute atomic E-state index is 14.5. The highest BCUT2D eigenvalue weighted by molar-refractivity contribution is 6.10. The molecule has 4 N–H and O–H groups in total. The summed E-state index contributed by atoms with van der Waals surface area (Å²) in [4.78, 5) is 47.3. The molecule has 0 aliphatic heterocycles. The van der Waals surface area contributed by atoms with Gasteiger partial charge in [0.1, 0.15) is 5.41 Å². The number of hydrogen-bond acceptors (Lipinski definition) is 5. The summed E-state index contributed by atoms with van der Waals surface area (Å²) < 4.78 is 139. The van der Waals surface area contributed by atoms with E-state index in [0.717, 1.165) is 0 Å². The van der Waals surface area contributed by atoms with Gasteiger partial charge in [0.05, 0.1) is 16.7 Å². The standard InChI is InChI=1S/C18H6F10O9/c19-6-5(7(20)9(22)10(23)8(6)21)15(13(33)34)1-4(12(31)32)16(14(35)36,2-3(15)11(29)30)37-18(27,28)17(24,25)26/h1-2H,(H,29,30)(H,31,32)(H,33,34)(H,35,36). The van der Waals surface area contributed by atoms with Crippen LogP contribution in [0.3, 0.4) is 0 Å². The maximum Gasteiger partial charge on any atom is 0.483 e. The number of halogens is 10. The van der Waals surface area contributed by atoms with Gasteiger partial charge < -0.3 is 20.4 Å². The summed E-state index contributed by atoms with van der Waals surface area (Å²) in [5, 5.41) is 37.6. The van der Waals surface area contributed by atoms with Crippen LogP contribution in [0.1, 0.15) is 5.56 Å². The van der Waals surface area contributed by atoms with Crippen molar-refractivity contribution < 1.29 is 88.2 Å². The Kier molecular flexibility index (Phi) is 6.87. The van der Waals surface area contributed by atoms with Crippen LogP contribution in [0.25, 0.3) is 0 Å². The van der Waals surface area contributed by atoms with E-state index in [0.29, 0.717) is 0 Å². The van der Waals surface area contributed by atoms with Gasteiger partial charge in [-0.1, -0.05) is 0 Å². The summed E-state index contributed by atoms with van der Waals surface area (Å²) in [6.07, 6.45) is -15.3. The molecule has 202 valence electrons. The molecule has 2 atom stereocenters. The number of carbonyl (C=O) groups is 4. The molecule has 19 heteroatoms. The zero-order valence-corrected chi connectivity index (χ0v) is 16.8. The van der Waals surface area contributed by atoms with Gasteiger partial charge in [0.2, 0.25) is 11.4 Å². The summed E-state index contributed by atoms with van der Waals surface area (Å²) in [5.41, 5.74) is -16.8. The number of carboxylic acids is 4. The Balaban J connectivity index is 3.22. The summed E-state index contributed by atoms with van der Waals surface area (Å²) in [6.45, 7) is 0. The van der Waals surface area contributed by atoms with Gasteiger partial charge in [-0.3, -0.25) is 9.53 Å². The zero-order valence-electron chi connectivity index (χ0n) is 16.8. The molecule has 9 nitrogen and oxygen atoms in total. The number of rotatable bonds is 7. The quantitative estimate of drug-likeness (QED) is 0.225. The van der Waals surface area contributed by atoms with Gasteiger partial charge >= 0.3 is 36.2 Å². The van der Waals surface area contributed by atoms with E-state index in [4.69, 9.17) is 0 Å². The predicted molar refractivity (Wildman–Crippen MR) is 89.4 cm³/mol. The summed E-state index contributed by atoms with van der Waals surface area (Å²) in [6, 6.07) is 0. The van der Waals surface area contributed by atoms with Crippen LogP contribution in [0.2, 0.25) is 0 Å². The highest BCUT2D eigenvalue weighted by Crippen LogP contribution is 2.50. The van der Waals surface area contributed by atoms with Crippen molar-refractivity contribution in [3.05, 3.63) is 57.9 Å². The molecule has 2 rings (SSSR count). The van der Waals surface area contributed by atoms with E-state index in [1.807, 2.05) is 0 Å². The molecular weight excluding hydrogens is 550 g/mol. The topological polar surface area (TPSA) is 158 Å². The number of carboxylic acid groups (broad SMARTS) is 4. The molecule has 0 bridgehead atoms. The lowest BCUT2D eigenvalue weighted by Gasteiger charge is -2.39. The molecule has 1 aliphatic rings. The van der Waals surface area contributed by atoms with Crippen LogP contribution in [0.15, 0.2) is 23.3 Å². The molecular formula is C18H6F10O9. The lowest BCUT2D eigenvalue weighted by Crippen LogP contribution is -2.57. The van der Waals surface area contributed by atoms with Crippen molar-refractivity contribution >= 4 is 23.9 Å². The van der Waals surface area contributed by atoms with Gasteiger partial charge in [-0.15, -0.1) is 0 Å². The third kappa shape index (κ3) is 4.13. The lowest BCUT2D eigenvalue weighted by atomic mass is 9.65. The van der Waals surface area contributed by atoms with Crippen LogP contribution < -0.4 is 0 Å². The molecule has 0 aromatic heterocycles. The van der Waals surface area contributed by atoms with Crippen molar-refractivity contribution in [2.24, 2.45) is 0 Å². The van der Waals surface area contributed by atoms with Crippen molar-refractivity contribution in [3.8, 4) is 0 Å². The van der Waals surface area contributed by atoms with E-state index >= 15 is 0 Å². The molecule has 0 heterocycles. The van der Waals surface area contributed by atoms with Crippen molar-refractivity contribution in [2.75, 3.05) is 0 Å². The van der Waals surface area contributed by atoms with Crippen LogP contribution in [-0.4, -0.2) is 62.2 Å². The van der Waals surface area contributed by atoms with E-state index in [2.05, 4.69) is 4.74 Å². The smallest absolute Gasteiger partial charge is 0.480 e. The van der Waals surface area contributed by atoms with Crippen LogP contribution in [0, 0.1) is 29.1 Å². The van der Waals surface area contributed by atoms with Crippen molar-refractivity contribution in [2.45, 2.75) is 23.3 Å². The van der Waals surface area contributed by atoms with E-state index < -0.39 is 105 Å². The van der Waals surface area contributed by atoms with Crippen molar-refractivity contribution in [3.63, 3.8) is 0 Å².